The Labute approximate surface area is 135 Å². The van der Waals surface area contributed by atoms with Gasteiger partial charge in [0.25, 0.3) is 5.91 Å². The summed E-state index contributed by atoms with van der Waals surface area (Å²) in [7, 11) is 0. The topological polar surface area (TPSA) is 55.1 Å². The van der Waals surface area contributed by atoms with Crippen molar-refractivity contribution in [1.82, 2.24) is 5.32 Å². The van der Waals surface area contributed by atoms with Gasteiger partial charge in [0.2, 0.25) is 0 Å². The second-order valence-corrected chi connectivity index (χ2v) is 7.81. The first-order valence-electron chi connectivity index (χ1n) is 6.39. The van der Waals surface area contributed by atoms with E-state index in [0.717, 1.165) is 26.1 Å². The number of hydrogen-bond acceptors (Lipinski definition) is 4. The van der Waals surface area contributed by atoms with Crippen molar-refractivity contribution < 1.29 is 4.79 Å². The van der Waals surface area contributed by atoms with Gasteiger partial charge >= 0.3 is 0 Å². The number of thioether (sulfide) groups is 1. The van der Waals surface area contributed by atoms with E-state index < -0.39 is 0 Å². The molecule has 2 aromatic rings. The monoisotopic (exact) mass is 372 g/mol. The van der Waals surface area contributed by atoms with Crippen LogP contribution in [0.1, 0.15) is 23.5 Å². The smallest absolute Gasteiger partial charge is 0.263 e. The van der Waals surface area contributed by atoms with Gasteiger partial charge in [-0.2, -0.15) is 11.8 Å². The van der Waals surface area contributed by atoms with Crippen LogP contribution in [0.25, 0.3) is 10.1 Å². The maximum absolute atomic E-state index is 12.3. The SMILES string of the molecule is CCSCC(C)NC(=O)c1sc2ccc(Br)cc2c1N. The first kappa shape index (κ1) is 15.7. The van der Waals surface area contributed by atoms with Crippen molar-refractivity contribution in [2.45, 2.75) is 19.9 Å². The molecule has 3 nitrogen and oxygen atoms in total. The van der Waals surface area contributed by atoms with Crippen molar-refractivity contribution in [1.29, 1.82) is 0 Å². The fraction of sp³-hybridized carbons (Fsp3) is 0.357. The summed E-state index contributed by atoms with van der Waals surface area (Å²) in [4.78, 5) is 12.9. The van der Waals surface area contributed by atoms with Crippen molar-refractivity contribution in [2.75, 3.05) is 17.2 Å². The van der Waals surface area contributed by atoms with Crippen LogP contribution >= 0.6 is 39.0 Å². The minimum absolute atomic E-state index is 0.0796. The molecule has 1 aromatic carbocycles. The molecule has 108 valence electrons. The molecule has 0 aliphatic rings. The zero-order valence-corrected chi connectivity index (χ0v) is 14.6. The number of carbonyl (C=O) groups excluding carboxylic acids is 1. The molecule has 1 heterocycles. The highest BCUT2D eigenvalue weighted by atomic mass is 79.9. The number of nitrogens with one attached hydrogen (secondary N) is 1. The maximum atomic E-state index is 12.3. The van der Waals surface area contributed by atoms with E-state index in [1.807, 2.05) is 36.9 Å². The van der Waals surface area contributed by atoms with E-state index in [0.29, 0.717) is 10.6 Å². The Bertz CT molecular complexity index is 627. The predicted octanol–water partition coefficient (Wildman–Crippen LogP) is 4.12. The van der Waals surface area contributed by atoms with Crippen molar-refractivity contribution >= 4 is 60.7 Å². The van der Waals surface area contributed by atoms with E-state index in [9.17, 15) is 4.79 Å². The normalized spacial score (nSPS) is 12.6. The van der Waals surface area contributed by atoms with Gasteiger partial charge in [0.05, 0.1) is 5.69 Å². The molecule has 0 spiro atoms. The summed E-state index contributed by atoms with van der Waals surface area (Å²) in [5, 5.41) is 3.94. The number of benzene rings is 1. The highest BCUT2D eigenvalue weighted by Gasteiger charge is 2.18. The Morgan fingerprint density at radius 1 is 1.55 bits per heavy atom. The Kier molecular flexibility index (Phi) is 5.35. The summed E-state index contributed by atoms with van der Waals surface area (Å²) in [6.07, 6.45) is 0. The van der Waals surface area contributed by atoms with Crippen LogP contribution in [0.4, 0.5) is 5.69 Å². The van der Waals surface area contributed by atoms with Crippen LogP contribution in [0.3, 0.4) is 0 Å². The lowest BCUT2D eigenvalue weighted by molar-refractivity contribution is 0.0948. The number of nitrogens with two attached hydrogens (primary N) is 1. The molecule has 20 heavy (non-hydrogen) atoms. The molecule has 1 atom stereocenters. The largest absolute Gasteiger partial charge is 0.397 e. The number of anilines is 1. The summed E-state index contributed by atoms with van der Waals surface area (Å²) in [5.41, 5.74) is 6.68. The van der Waals surface area contributed by atoms with Gasteiger partial charge in [0.1, 0.15) is 4.88 Å². The van der Waals surface area contributed by atoms with Gasteiger partial charge in [-0.3, -0.25) is 4.79 Å². The fourth-order valence-electron chi connectivity index (χ4n) is 1.88. The quantitative estimate of drug-likeness (QED) is 0.829. The highest BCUT2D eigenvalue weighted by molar-refractivity contribution is 9.10. The number of rotatable bonds is 5. The number of fused-ring (bicyclic) bond motifs is 1. The van der Waals surface area contributed by atoms with Crippen LogP contribution in [0.2, 0.25) is 0 Å². The number of thiophene rings is 1. The Morgan fingerprint density at radius 3 is 3.00 bits per heavy atom. The average Bonchev–Trinajstić information content (AvgIpc) is 2.74. The van der Waals surface area contributed by atoms with Gasteiger partial charge in [-0.15, -0.1) is 11.3 Å². The molecule has 3 N–H and O–H groups in total. The maximum Gasteiger partial charge on any atom is 0.263 e. The molecule has 6 heteroatoms. The van der Waals surface area contributed by atoms with Gasteiger partial charge in [0.15, 0.2) is 0 Å². The minimum atomic E-state index is -0.0796. The predicted molar refractivity (Wildman–Crippen MR) is 93.9 cm³/mol. The molecular weight excluding hydrogens is 356 g/mol. The second kappa shape index (κ2) is 6.83. The van der Waals surface area contributed by atoms with Gasteiger partial charge in [-0.05, 0) is 30.9 Å². The van der Waals surface area contributed by atoms with Crippen LogP contribution in [0.15, 0.2) is 22.7 Å². The van der Waals surface area contributed by atoms with E-state index in [-0.39, 0.29) is 11.9 Å². The third-order valence-corrected chi connectivity index (χ3v) is 5.67. The van der Waals surface area contributed by atoms with Crippen molar-refractivity contribution in [3.8, 4) is 0 Å². The average molecular weight is 373 g/mol. The standard InChI is InChI=1S/C14H17BrN2OS2/c1-3-19-7-8(2)17-14(18)13-12(16)10-6-9(15)4-5-11(10)20-13/h4-6,8H,3,7,16H2,1-2H3,(H,17,18). The lowest BCUT2D eigenvalue weighted by Gasteiger charge is -2.12. The van der Waals surface area contributed by atoms with E-state index in [2.05, 4.69) is 28.2 Å². The summed E-state index contributed by atoms with van der Waals surface area (Å²) in [6.45, 7) is 4.13. The van der Waals surface area contributed by atoms with Crippen molar-refractivity contribution in [3.63, 3.8) is 0 Å². The van der Waals surface area contributed by atoms with Crippen LogP contribution in [0, 0.1) is 0 Å². The summed E-state index contributed by atoms with van der Waals surface area (Å²) < 4.78 is 2.00. The van der Waals surface area contributed by atoms with Crippen molar-refractivity contribution in [3.05, 3.63) is 27.5 Å². The molecule has 0 saturated heterocycles. The molecule has 1 amide bonds. The van der Waals surface area contributed by atoms with Crippen LogP contribution in [0.5, 0.6) is 0 Å². The number of halogens is 1. The van der Waals surface area contributed by atoms with Crippen LogP contribution in [-0.4, -0.2) is 23.5 Å². The fourth-order valence-corrected chi connectivity index (χ4v) is 3.92. The van der Waals surface area contributed by atoms with E-state index >= 15 is 0 Å². The van der Waals surface area contributed by atoms with Gasteiger partial charge < -0.3 is 11.1 Å². The Balaban J connectivity index is 2.20. The third kappa shape index (κ3) is 3.48. The molecule has 0 aliphatic carbocycles. The highest BCUT2D eigenvalue weighted by Crippen LogP contribution is 2.35. The molecule has 0 fully saturated rings. The lowest BCUT2D eigenvalue weighted by Crippen LogP contribution is -2.34. The Hall–Kier alpha value is -0.720. The van der Waals surface area contributed by atoms with Crippen LogP contribution < -0.4 is 11.1 Å². The number of carbonyl (C=O) groups is 1. The van der Waals surface area contributed by atoms with E-state index in [4.69, 9.17) is 5.73 Å². The number of nitrogen functional groups attached to an aromatic ring is 1. The number of amides is 1. The summed E-state index contributed by atoms with van der Waals surface area (Å²) in [6, 6.07) is 6.03. The molecule has 0 radical (unpaired) electrons. The molecule has 1 unspecified atom stereocenters. The zero-order valence-electron chi connectivity index (χ0n) is 11.4. The first-order chi connectivity index (χ1) is 9.52. The molecule has 0 aliphatic heterocycles. The van der Waals surface area contributed by atoms with E-state index in [1.54, 1.807) is 0 Å². The number of hydrogen-bond donors (Lipinski definition) is 2. The van der Waals surface area contributed by atoms with Gasteiger partial charge in [-0.25, -0.2) is 0 Å². The minimum Gasteiger partial charge on any atom is -0.397 e. The molecule has 0 bridgehead atoms. The van der Waals surface area contributed by atoms with Gasteiger partial charge in [0, 0.05) is 26.4 Å². The molecule has 2 rings (SSSR count). The van der Waals surface area contributed by atoms with Crippen LogP contribution in [-0.2, 0) is 0 Å². The molecular formula is C14H17BrN2OS2. The third-order valence-electron chi connectivity index (χ3n) is 2.84. The second-order valence-electron chi connectivity index (χ2n) is 4.52. The first-order valence-corrected chi connectivity index (χ1v) is 9.15. The molecule has 1 aromatic heterocycles. The van der Waals surface area contributed by atoms with Gasteiger partial charge in [-0.1, -0.05) is 22.9 Å². The summed E-state index contributed by atoms with van der Waals surface area (Å²) >= 11 is 6.69. The zero-order chi connectivity index (χ0) is 14.7. The molecule has 0 saturated carbocycles. The lowest BCUT2D eigenvalue weighted by atomic mass is 10.2. The van der Waals surface area contributed by atoms with Crippen molar-refractivity contribution in [2.24, 2.45) is 0 Å². The summed E-state index contributed by atoms with van der Waals surface area (Å²) in [5.74, 6) is 1.89. The van der Waals surface area contributed by atoms with E-state index in [1.165, 1.54) is 11.3 Å². The Morgan fingerprint density at radius 2 is 2.30 bits per heavy atom.